The molecule has 0 aliphatic carbocycles. The van der Waals surface area contributed by atoms with E-state index in [0.717, 1.165) is 29.8 Å². The lowest BCUT2D eigenvalue weighted by molar-refractivity contribution is 0.162. The van der Waals surface area contributed by atoms with Gasteiger partial charge in [0.15, 0.2) is 5.65 Å². The van der Waals surface area contributed by atoms with Crippen molar-refractivity contribution in [3.8, 4) is 11.5 Å². The maximum atomic E-state index is 12.9. The lowest BCUT2D eigenvalue weighted by Gasteiger charge is -2.33. The van der Waals surface area contributed by atoms with Crippen LogP contribution in [-0.2, 0) is 11.3 Å². The number of anilines is 1. The van der Waals surface area contributed by atoms with Gasteiger partial charge >= 0.3 is 6.03 Å². The molecule has 170 valence electrons. The van der Waals surface area contributed by atoms with Gasteiger partial charge in [0.2, 0.25) is 0 Å². The van der Waals surface area contributed by atoms with Gasteiger partial charge in [-0.05, 0) is 31.0 Å². The smallest absolute Gasteiger partial charge is 0.321 e. The van der Waals surface area contributed by atoms with Gasteiger partial charge in [0.1, 0.15) is 29.4 Å². The van der Waals surface area contributed by atoms with Crippen molar-refractivity contribution >= 4 is 34.5 Å². The van der Waals surface area contributed by atoms with Gasteiger partial charge in [0.25, 0.3) is 0 Å². The Morgan fingerprint density at radius 1 is 1.19 bits per heavy atom. The highest BCUT2D eigenvalue weighted by Gasteiger charge is 2.27. The number of aromatic nitrogens is 3. The third kappa shape index (κ3) is 4.31. The number of pyridine rings is 1. The molecule has 0 saturated carbocycles. The lowest BCUT2D eigenvalue weighted by atomic mass is 10.0. The maximum Gasteiger partial charge on any atom is 0.321 e. The number of ether oxygens (including phenoxy) is 3. The van der Waals surface area contributed by atoms with Crippen LogP contribution in [0.15, 0.2) is 30.5 Å². The lowest BCUT2D eigenvalue weighted by Crippen LogP contribution is -2.41. The number of carbonyl (C=O) groups excluding carboxylic acids is 1. The van der Waals surface area contributed by atoms with Crippen molar-refractivity contribution in [3.05, 3.63) is 41.3 Å². The predicted molar refractivity (Wildman–Crippen MR) is 122 cm³/mol. The number of nitrogens with one attached hydrogen (secondary N) is 1. The molecule has 2 aromatic heterocycles. The number of benzene rings is 1. The van der Waals surface area contributed by atoms with Crippen molar-refractivity contribution in [3.63, 3.8) is 0 Å². The molecule has 10 heteroatoms. The Labute approximate surface area is 191 Å². The van der Waals surface area contributed by atoms with E-state index in [0.29, 0.717) is 41.9 Å². The molecule has 1 fully saturated rings. The van der Waals surface area contributed by atoms with Crippen LogP contribution >= 0.6 is 11.6 Å². The van der Waals surface area contributed by atoms with Gasteiger partial charge in [-0.3, -0.25) is 0 Å². The zero-order valence-corrected chi connectivity index (χ0v) is 19.1. The second-order valence-electron chi connectivity index (χ2n) is 7.51. The number of fused-ring (bicyclic) bond motifs is 1. The standard InChI is InChI=1S/C22H26ClN5O4/c1-30-13-20-25-16-5-4-8-24-21(16)28(20)14-6-9-27(10-7-14)22(29)26-17-11-15(23)18(31-2)12-19(17)32-3/h4-5,8,11-12,14H,6-7,9-10,13H2,1-3H3,(H,26,29). The number of carbonyl (C=O) groups is 1. The summed E-state index contributed by atoms with van der Waals surface area (Å²) in [5, 5.41) is 3.30. The van der Waals surface area contributed by atoms with Crippen LogP contribution in [0.4, 0.5) is 10.5 Å². The summed E-state index contributed by atoms with van der Waals surface area (Å²) in [7, 11) is 4.72. The average molecular weight is 460 g/mol. The highest BCUT2D eigenvalue weighted by molar-refractivity contribution is 6.32. The van der Waals surface area contributed by atoms with Gasteiger partial charge in [-0.1, -0.05) is 11.6 Å². The fraction of sp³-hybridized carbons (Fsp3) is 0.409. The number of hydrogen-bond donors (Lipinski definition) is 1. The summed E-state index contributed by atoms with van der Waals surface area (Å²) in [6.45, 7) is 1.61. The van der Waals surface area contributed by atoms with E-state index in [1.54, 1.807) is 30.3 Å². The van der Waals surface area contributed by atoms with Gasteiger partial charge in [0, 0.05) is 38.5 Å². The van der Waals surface area contributed by atoms with Gasteiger partial charge in [0.05, 0.1) is 24.9 Å². The Kier molecular flexibility index (Phi) is 6.66. The monoisotopic (exact) mass is 459 g/mol. The van der Waals surface area contributed by atoms with Gasteiger partial charge in [-0.2, -0.15) is 0 Å². The third-order valence-electron chi connectivity index (χ3n) is 5.63. The molecule has 0 spiro atoms. The summed E-state index contributed by atoms with van der Waals surface area (Å²) < 4.78 is 18.1. The third-order valence-corrected chi connectivity index (χ3v) is 5.92. The fourth-order valence-electron chi connectivity index (χ4n) is 4.07. The predicted octanol–water partition coefficient (Wildman–Crippen LogP) is 4.12. The number of imidazole rings is 1. The number of halogens is 1. The molecule has 9 nitrogen and oxygen atoms in total. The molecule has 1 aromatic carbocycles. The molecule has 1 N–H and O–H groups in total. The summed E-state index contributed by atoms with van der Waals surface area (Å²) in [5.41, 5.74) is 2.20. The van der Waals surface area contributed by atoms with Crippen LogP contribution in [0.2, 0.25) is 5.02 Å². The van der Waals surface area contributed by atoms with Crippen LogP contribution in [0, 0.1) is 0 Å². The minimum Gasteiger partial charge on any atom is -0.495 e. The van der Waals surface area contributed by atoms with Crippen LogP contribution in [-0.4, -0.2) is 59.9 Å². The van der Waals surface area contributed by atoms with Gasteiger partial charge < -0.3 is 29.0 Å². The van der Waals surface area contributed by atoms with Crippen molar-refractivity contribution in [2.75, 3.05) is 39.7 Å². The number of rotatable bonds is 6. The topological polar surface area (TPSA) is 90.7 Å². The van der Waals surface area contributed by atoms with Crippen LogP contribution < -0.4 is 14.8 Å². The number of amides is 2. The zero-order valence-electron chi connectivity index (χ0n) is 18.3. The largest absolute Gasteiger partial charge is 0.495 e. The summed E-state index contributed by atoms with van der Waals surface area (Å²) in [6.07, 6.45) is 3.34. The summed E-state index contributed by atoms with van der Waals surface area (Å²) in [6, 6.07) is 7.10. The number of methoxy groups -OCH3 is 3. The zero-order chi connectivity index (χ0) is 22.7. The normalized spacial score (nSPS) is 14.6. The fourth-order valence-corrected chi connectivity index (χ4v) is 4.31. The van der Waals surface area contributed by atoms with Gasteiger partial charge in [-0.25, -0.2) is 14.8 Å². The minimum atomic E-state index is -0.200. The van der Waals surface area contributed by atoms with Crippen LogP contribution in [0.25, 0.3) is 11.2 Å². The first-order valence-corrected chi connectivity index (χ1v) is 10.7. The molecular weight excluding hydrogens is 434 g/mol. The second kappa shape index (κ2) is 9.62. The maximum absolute atomic E-state index is 12.9. The van der Waals surface area contributed by atoms with Crippen molar-refractivity contribution in [2.45, 2.75) is 25.5 Å². The first kappa shape index (κ1) is 22.2. The molecule has 32 heavy (non-hydrogen) atoms. The molecule has 3 heterocycles. The minimum absolute atomic E-state index is 0.189. The molecule has 0 bridgehead atoms. The number of likely N-dealkylation sites (tertiary alicyclic amines) is 1. The van der Waals surface area contributed by atoms with E-state index in [1.807, 2.05) is 12.1 Å². The average Bonchev–Trinajstić information content (AvgIpc) is 3.17. The molecule has 0 unspecified atom stereocenters. The van der Waals surface area contributed by atoms with Gasteiger partial charge in [-0.15, -0.1) is 0 Å². The Morgan fingerprint density at radius 2 is 1.94 bits per heavy atom. The van der Waals surface area contributed by atoms with Crippen molar-refractivity contribution in [1.29, 1.82) is 0 Å². The number of nitrogens with zero attached hydrogens (tertiary/aromatic N) is 4. The van der Waals surface area contributed by atoms with E-state index in [2.05, 4.69) is 19.9 Å². The summed E-state index contributed by atoms with van der Waals surface area (Å²) in [5.74, 6) is 1.81. The molecule has 1 aliphatic heterocycles. The van der Waals surface area contributed by atoms with Crippen LogP contribution in [0.5, 0.6) is 11.5 Å². The molecule has 1 aliphatic rings. The van der Waals surface area contributed by atoms with Crippen LogP contribution in [0.1, 0.15) is 24.7 Å². The van der Waals surface area contributed by atoms with E-state index >= 15 is 0 Å². The van der Waals surface area contributed by atoms with Crippen LogP contribution in [0.3, 0.4) is 0 Å². The SMILES string of the molecule is COCc1nc2cccnc2n1C1CCN(C(=O)Nc2cc(Cl)c(OC)cc2OC)CC1. The number of piperidine rings is 1. The van der Waals surface area contributed by atoms with E-state index in [-0.39, 0.29) is 12.1 Å². The van der Waals surface area contributed by atoms with E-state index < -0.39 is 0 Å². The summed E-state index contributed by atoms with van der Waals surface area (Å²) in [4.78, 5) is 23.9. The Balaban J connectivity index is 1.47. The quantitative estimate of drug-likeness (QED) is 0.596. The number of urea groups is 1. The van der Waals surface area contributed by atoms with Crippen molar-refractivity contribution < 1.29 is 19.0 Å². The Hall–Kier alpha value is -3.04. The molecule has 0 radical (unpaired) electrons. The Bertz CT molecular complexity index is 1110. The molecule has 4 rings (SSSR count). The Morgan fingerprint density at radius 3 is 2.62 bits per heavy atom. The molecule has 2 amide bonds. The van der Waals surface area contributed by atoms with E-state index in [4.69, 9.17) is 25.8 Å². The molecular formula is C22H26ClN5O4. The van der Waals surface area contributed by atoms with Crippen molar-refractivity contribution in [1.82, 2.24) is 19.4 Å². The number of hydrogen-bond acceptors (Lipinski definition) is 6. The highest BCUT2D eigenvalue weighted by Crippen LogP contribution is 2.36. The van der Waals surface area contributed by atoms with E-state index in [1.165, 1.54) is 14.2 Å². The molecule has 0 atom stereocenters. The second-order valence-corrected chi connectivity index (χ2v) is 7.92. The first-order valence-electron chi connectivity index (χ1n) is 10.3. The molecule has 1 saturated heterocycles. The van der Waals surface area contributed by atoms with Crippen molar-refractivity contribution in [2.24, 2.45) is 0 Å². The molecule has 3 aromatic rings. The first-order chi connectivity index (χ1) is 15.5. The summed E-state index contributed by atoms with van der Waals surface area (Å²) >= 11 is 6.22. The highest BCUT2D eigenvalue weighted by atomic mass is 35.5. The van der Waals surface area contributed by atoms with E-state index in [9.17, 15) is 4.79 Å².